The van der Waals surface area contributed by atoms with Gasteiger partial charge in [-0.25, -0.2) is 4.39 Å². The Morgan fingerprint density at radius 3 is 0.909 bits per heavy atom. The summed E-state index contributed by atoms with van der Waals surface area (Å²) in [4.78, 5) is 0. The lowest BCUT2D eigenvalue weighted by Gasteiger charge is -2.22. The molecule has 1 atom stereocenters. The zero-order valence-electron chi connectivity index (χ0n) is 22.2. The summed E-state index contributed by atoms with van der Waals surface area (Å²) >= 11 is 0. The number of unbranched alkanes of at least 4 members (excludes halogenated alkanes) is 21. The smallest absolute Gasteiger partial charge is 0.283 e. The first-order chi connectivity index (χ1) is 15.9. The molecule has 0 aromatic heterocycles. The van der Waals surface area contributed by atoms with Crippen molar-refractivity contribution in [2.24, 2.45) is 0 Å². The van der Waals surface area contributed by atoms with E-state index in [9.17, 15) is 17.4 Å². The molecule has 0 bridgehead atoms. The van der Waals surface area contributed by atoms with E-state index in [2.05, 4.69) is 13.8 Å². The Labute approximate surface area is 206 Å². The zero-order chi connectivity index (χ0) is 24.7. The summed E-state index contributed by atoms with van der Waals surface area (Å²) in [6.07, 6.45) is 26.7. The van der Waals surface area contributed by atoms with E-state index in [1.54, 1.807) is 0 Å². The number of rotatable bonds is 26. The van der Waals surface area contributed by atoms with Crippen LogP contribution < -0.4 is 0 Å². The van der Waals surface area contributed by atoms with E-state index >= 15 is 0 Å². The Kier molecular flexibility index (Phi) is 22.2. The maximum atomic E-state index is 15.0. The molecule has 0 radical (unpaired) electrons. The molecule has 0 heterocycles. The first kappa shape index (κ1) is 32.8. The second kappa shape index (κ2) is 22.3. The third-order valence-electron chi connectivity index (χ3n) is 7.02. The first-order valence-electron chi connectivity index (χ1n) is 14.5. The fraction of sp³-hybridized carbons (Fsp3) is 1.00. The van der Waals surface area contributed by atoms with Crippen molar-refractivity contribution in [1.82, 2.24) is 0 Å². The highest BCUT2D eigenvalue weighted by Gasteiger charge is 2.42. The molecule has 0 fully saturated rings. The number of halogens is 1. The van der Waals surface area contributed by atoms with Gasteiger partial charge in [-0.1, -0.05) is 149 Å². The number of alkyl halides is 1. The fourth-order valence-corrected chi connectivity index (χ4v) is 5.47. The van der Waals surface area contributed by atoms with Crippen LogP contribution in [0.4, 0.5) is 4.39 Å². The van der Waals surface area contributed by atoms with Crippen LogP contribution >= 0.6 is 0 Å². The third-order valence-corrected chi connectivity index (χ3v) is 8.35. The van der Waals surface area contributed by atoms with Crippen molar-refractivity contribution < 1.29 is 17.4 Å². The SMILES string of the molecule is CCCCCCCCCCCCCCCCCCC(F)(CCCCCCCCC)S(=O)(=O)O. The molecule has 0 aromatic carbocycles. The van der Waals surface area contributed by atoms with Crippen LogP contribution in [0.5, 0.6) is 0 Å². The lowest BCUT2D eigenvalue weighted by molar-refractivity contribution is 0.203. The topological polar surface area (TPSA) is 54.4 Å². The van der Waals surface area contributed by atoms with Crippen molar-refractivity contribution in [2.75, 3.05) is 0 Å². The molecule has 0 aliphatic carbocycles. The predicted molar refractivity (Wildman–Crippen MR) is 142 cm³/mol. The molecule has 0 aromatic rings. The van der Waals surface area contributed by atoms with E-state index in [1.165, 1.54) is 96.3 Å². The van der Waals surface area contributed by atoms with Gasteiger partial charge in [0.05, 0.1) is 0 Å². The van der Waals surface area contributed by atoms with Crippen molar-refractivity contribution in [2.45, 2.75) is 179 Å². The van der Waals surface area contributed by atoms with Gasteiger partial charge >= 0.3 is 0 Å². The average Bonchev–Trinajstić information content (AvgIpc) is 2.77. The van der Waals surface area contributed by atoms with E-state index in [0.29, 0.717) is 12.8 Å². The summed E-state index contributed by atoms with van der Waals surface area (Å²) in [5, 5.41) is -2.45. The van der Waals surface area contributed by atoms with Crippen molar-refractivity contribution in [3.05, 3.63) is 0 Å². The van der Waals surface area contributed by atoms with Gasteiger partial charge in [0.25, 0.3) is 10.1 Å². The molecule has 0 spiro atoms. The minimum Gasteiger partial charge on any atom is -0.283 e. The molecule has 1 unspecified atom stereocenters. The predicted octanol–water partition coefficient (Wildman–Crippen LogP) is 10.3. The van der Waals surface area contributed by atoms with Crippen molar-refractivity contribution in [3.8, 4) is 0 Å². The average molecular weight is 493 g/mol. The van der Waals surface area contributed by atoms with Crippen molar-refractivity contribution in [1.29, 1.82) is 0 Å². The van der Waals surface area contributed by atoms with Gasteiger partial charge in [0, 0.05) is 0 Å². The highest BCUT2D eigenvalue weighted by atomic mass is 32.2. The van der Waals surface area contributed by atoms with Crippen molar-refractivity contribution in [3.63, 3.8) is 0 Å². The zero-order valence-corrected chi connectivity index (χ0v) is 23.0. The molecule has 0 rings (SSSR count). The monoisotopic (exact) mass is 492 g/mol. The lowest BCUT2D eigenvalue weighted by atomic mass is 10.0. The van der Waals surface area contributed by atoms with Gasteiger partial charge in [0.2, 0.25) is 5.00 Å². The van der Waals surface area contributed by atoms with Crippen LogP contribution in [0.1, 0.15) is 174 Å². The van der Waals surface area contributed by atoms with Crippen molar-refractivity contribution >= 4 is 10.1 Å². The van der Waals surface area contributed by atoms with E-state index in [4.69, 9.17) is 0 Å². The van der Waals surface area contributed by atoms with Crippen LogP contribution in [0.3, 0.4) is 0 Å². The van der Waals surface area contributed by atoms with E-state index in [0.717, 1.165) is 38.5 Å². The molecule has 1 N–H and O–H groups in total. The molecule has 0 aliphatic rings. The standard InChI is InChI=1S/C28H57FO3S/c1-3-5-7-9-11-12-13-14-15-16-17-18-19-21-23-25-27-28(29,33(30,31)32)26-24-22-20-10-8-6-4-2/h3-27H2,1-2H3,(H,30,31,32). The third kappa shape index (κ3) is 19.8. The summed E-state index contributed by atoms with van der Waals surface area (Å²) < 4.78 is 47.7. The van der Waals surface area contributed by atoms with Gasteiger partial charge in [-0.15, -0.1) is 0 Å². The molecule has 3 nitrogen and oxygen atoms in total. The Morgan fingerprint density at radius 2 is 0.697 bits per heavy atom. The maximum absolute atomic E-state index is 15.0. The Bertz CT molecular complexity index is 509. The summed E-state index contributed by atoms with van der Waals surface area (Å²) in [6, 6.07) is 0. The minimum atomic E-state index is -4.65. The Hall–Kier alpha value is -0.160. The van der Waals surface area contributed by atoms with Crippen LogP contribution in [-0.4, -0.2) is 18.0 Å². The lowest BCUT2D eigenvalue weighted by Crippen LogP contribution is -2.33. The summed E-state index contributed by atoms with van der Waals surface area (Å²) in [7, 11) is -4.65. The summed E-state index contributed by atoms with van der Waals surface area (Å²) in [6.45, 7) is 4.43. The fourth-order valence-electron chi connectivity index (χ4n) is 4.67. The molecular formula is C28H57FO3S. The molecule has 0 amide bonds. The van der Waals surface area contributed by atoms with Gasteiger partial charge in [0.15, 0.2) is 0 Å². The number of hydrogen-bond donors (Lipinski definition) is 1. The van der Waals surface area contributed by atoms with Crippen LogP contribution in [0.2, 0.25) is 0 Å². The highest BCUT2D eigenvalue weighted by Crippen LogP contribution is 2.32. The van der Waals surface area contributed by atoms with Gasteiger partial charge in [-0.2, -0.15) is 8.42 Å². The van der Waals surface area contributed by atoms with E-state index in [1.807, 2.05) is 0 Å². The quantitative estimate of drug-likeness (QED) is 0.0964. The molecule has 33 heavy (non-hydrogen) atoms. The molecule has 0 saturated heterocycles. The maximum Gasteiger partial charge on any atom is 0.300 e. The normalized spacial score (nSPS) is 13.9. The van der Waals surface area contributed by atoms with Gasteiger partial charge in [0.1, 0.15) is 0 Å². The molecule has 200 valence electrons. The molecular weight excluding hydrogens is 435 g/mol. The van der Waals surface area contributed by atoms with Gasteiger partial charge in [-0.05, 0) is 25.7 Å². The Balaban J connectivity index is 3.67. The van der Waals surface area contributed by atoms with Crippen LogP contribution in [0, 0.1) is 0 Å². The highest BCUT2D eigenvalue weighted by molar-refractivity contribution is 7.87. The van der Waals surface area contributed by atoms with Crippen LogP contribution in [0.25, 0.3) is 0 Å². The Morgan fingerprint density at radius 1 is 0.485 bits per heavy atom. The summed E-state index contributed by atoms with van der Waals surface area (Å²) in [5.41, 5.74) is 0. The van der Waals surface area contributed by atoms with Gasteiger partial charge < -0.3 is 0 Å². The second-order valence-corrected chi connectivity index (χ2v) is 12.0. The molecule has 0 aliphatic heterocycles. The van der Waals surface area contributed by atoms with Crippen LogP contribution in [0.15, 0.2) is 0 Å². The second-order valence-electron chi connectivity index (χ2n) is 10.3. The van der Waals surface area contributed by atoms with Crippen LogP contribution in [-0.2, 0) is 10.1 Å². The first-order valence-corrected chi connectivity index (χ1v) is 16.0. The molecule has 0 saturated carbocycles. The van der Waals surface area contributed by atoms with E-state index < -0.39 is 15.1 Å². The minimum absolute atomic E-state index is 0.0693. The molecule has 5 heteroatoms. The largest absolute Gasteiger partial charge is 0.300 e. The number of hydrogen-bond acceptors (Lipinski definition) is 2. The summed E-state index contributed by atoms with van der Waals surface area (Å²) in [5.74, 6) is 0. The van der Waals surface area contributed by atoms with E-state index in [-0.39, 0.29) is 12.8 Å². The van der Waals surface area contributed by atoms with Gasteiger partial charge in [-0.3, -0.25) is 4.55 Å².